The molecule has 2 aromatic carbocycles. The van der Waals surface area contributed by atoms with E-state index in [1.54, 1.807) is 0 Å². The van der Waals surface area contributed by atoms with Crippen LogP contribution in [0.4, 0.5) is 4.79 Å². The molecule has 3 N–H and O–H groups in total. The number of carbonyl (C=O) groups excluding carboxylic acids is 2. The van der Waals surface area contributed by atoms with Gasteiger partial charge in [-0.2, -0.15) is 0 Å². The smallest absolute Gasteiger partial charge is 0.407 e. The fourth-order valence-corrected chi connectivity index (χ4v) is 5.10. The van der Waals surface area contributed by atoms with Crippen LogP contribution in [0, 0.1) is 11.3 Å². The lowest BCUT2D eigenvalue weighted by atomic mass is 9.89. The van der Waals surface area contributed by atoms with Crippen molar-refractivity contribution in [1.29, 1.82) is 0 Å². The number of nitrogens with one attached hydrogen (secondary N) is 2. The largest absolute Gasteiger partial charge is 0.481 e. The summed E-state index contributed by atoms with van der Waals surface area (Å²) in [5.41, 5.74) is 4.19. The molecule has 2 amide bonds. The summed E-state index contributed by atoms with van der Waals surface area (Å²) in [4.78, 5) is 36.0. The van der Waals surface area contributed by atoms with E-state index in [1.165, 1.54) is 22.3 Å². The Morgan fingerprint density at radius 2 is 1.62 bits per heavy atom. The molecule has 34 heavy (non-hydrogen) atoms. The van der Waals surface area contributed by atoms with Crippen molar-refractivity contribution in [3.63, 3.8) is 0 Å². The van der Waals surface area contributed by atoms with E-state index in [1.807, 2.05) is 38.1 Å². The second kappa shape index (κ2) is 9.87. The number of amides is 2. The first-order chi connectivity index (χ1) is 16.2. The minimum Gasteiger partial charge on any atom is -0.481 e. The number of alkyl carbamates (subject to hydrolysis) is 1. The van der Waals surface area contributed by atoms with Gasteiger partial charge in [-0.15, -0.1) is 0 Å². The van der Waals surface area contributed by atoms with Crippen LogP contribution >= 0.6 is 0 Å². The zero-order valence-corrected chi connectivity index (χ0v) is 19.7. The van der Waals surface area contributed by atoms with Gasteiger partial charge in [0.05, 0.1) is 6.42 Å². The molecule has 2 aliphatic carbocycles. The maximum Gasteiger partial charge on any atom is 0.407 e. The standard InChI is InChI=1S/C27H32N2O5/c1-27(2,14-24(30)31)16-28-25(32)17-11-12-18(13-17)29-26(33)34-15-23-21-9-5-3-7-19(21)20-8-4-6-10-22(20)23/h3-10,17-18,23H,11-16H2,1-2H3,(H,28,32)(H,29,33)(H,30,31)/t17-,18+/m1/s1. The number of carboxylic acids is 1. The summed E-state index contributed by atoms with van der Waals surface area (Å²) < 4.78 is 5.62. The third-order valence-corrected chi connectivity index (χ3v) is 6.84. The topological polar surface area (TPSA) is 105 Å². The summed E-state index contributed by atoms with van der Waals surface area (Å²) in [6.07, 6.45) is 1.47. The van der Waals surface area contributed by atoms with Gasteiger partial charge in [-0.3, -0.25) is 9.59 Å². The number of carboxylic acid groups (broad SMARTS) is 1. The van der Waals surface area contributed by atoms with Gasteiger partial charge in [-0.25, -0.2) is 4.79 Å². The molecule has 0 radical (unpaired) electrons. The summed E-state index contributed by atoms with van der Waals surface area (Å²) in [5, 5.41) is 14.8. The Labute approximate surface area is 199 Å². The van der Waals surface area contributed by atoms with Crippen LogP contribution in [0.3, 0.4) is 0 Å². The number of ether oxygens (including phenoxy) is 1. The normalized spacial score (nSPS) is 19.2. The Morgan fingerprint density at radius 3 is 2.24 bits per heavy atom. The van der Waals surface area contributed by atoms with Gasteiger partial charge in [0.2, 0.25) is 5.91 Å². The summed E-state index contributed by atoms with van der Waals surface area (Å²) >= 11 is 0. The van der Waals surface area contributed by atoms with Crippen molar-refractivity contribution in [2.24, 2.45) is 11.3 Å². The molecule has 0 saturated heterocycles. The van der Waals surface area contributed by atoms with Gasteiger partial charge in [-0.05, 0) is 46.9 Å². The van der Waals surface area contributed by atoms with E-state index in [4.69, 9.17) is 9.84 Å². The van der Waals surface area contributed by atoms with Crippen LogP contribution in [0.15, 0.2) is 48.5 Å². The van der Waals surface area contributed by atoms with Crippen LogP contribution in [-0.2, 0) is 14.3 Å². The van der Waals surface area contributed by atoms with Crippen molar-refractivity contribution < 1.29 is 24.2 Å². The number of benzene rings is 2. The number of hydrogen-bond acceptors (Lipinski definition) is 4. The van der Waals surface area contributed by atoms with Gasteiger partial charge in [0, 0.05) is 24.4 Å². The van der Waals surface area contributed by atoms with Crippen molar-refractivity contribution in [1.82, 2.24) is 10.6 Å². The second-order valence-electron chi connectivity index (χ2n) is 10.1. The summed E-state index contributed by atoms with van der Waals surface area (Å²) in [7, 11) is 0. The summed E-state index contributed by atoms with van der Waals surface area (Å²) in [6.45, 7) is 4.20. The first kappa shape index (κ1) is 23.8. The van der Waals surface area contributed by atoms with Crippen molar-refractivity contribution in [3.05, 3.63) is 59.7 Å². The van der Waals surface area contributed by atoms with Gasteiger partial charge in [0.25, 0.3) is 0 Å². The minimum atomic E-state index is -0.882. The lowest BCUT2D eigenvalue weighted by Gasteiger charge is -2.23. The quantitative estimate of drug-likeness (QED) is 0.540. The van der Waals surface area contributed by atoms with Crippen LogP contribution < -0.4 is 10.6 Å². The molecule has 0 bridgehead atoms. The lowest BCUT2D eigenvalue weighted by Crippen LogP contribution is -2.39. The molecule has 2 atom stereocenters. The van der Waals surface area contributed by atoms with Crippen LogP contribution in [0.2, 0.25) is 0 Å². The highest BCUT2D eigenvalue weighted by molar-refractivity contribution is 5.80. The van der Waals surface area contributed by atoms with Crippen LogP contribution in [-0.4, -0.2) is 42.3 Å². The molecule has 0 unspecified atom stereocenters. The lowest BCUT2D eigenvalue weighted by molar-refractivity contribution is -0.139. The van der Waals surface area contributed by atoms with Gasteiger partial charge in [0.1, 0.15) is 6.61 Å². The predicted molar refractivity (Wildman–Crippen MR) is 128 cm³/mol. The molecule has 180 valence electrons. The zero-order valence-electron chi connectivity index (χ0n) is 19.7. The molecular formula is C27H32N2O5. The Hall–Kier alpha value is -3.35. The monoisotopic (exact) mass is 464 g/mol. The number of fused-ring (bicyclic) bond motifs is 3. The van der Waals surface area contributed by atoms with Gasteiger partial charge < -0.3 is 20.5 Å². The first-order valence-electron chi connectivity index (χ1n) is 11.8. The average molecular weight is 465 g/mol. The summed E-state index contributed by atoms with van der Waals surface area (Å²) in [6, 6.07) is 16.3. The highest BCUT2D eigenvalue weighted by atomic mass is 16.5. The minimum absolute atomic E-state index is 0.00871. The summed E-state index contributed by atoms with van der Waals surface area (Å²) in [5.74, 6) is -1.16. The van der Waals surface area contributed by atoms with Crippen molar-refractivity contribution in [2.45, 2.75) is 51.5 Å². The molecule has 2 aliphatic rings. The van der Waals surface area contributed by atoms with E-state index in [2.05, 4.69) is 34.9 Å². The van der Waals surface area contributed by atoms with Crippen LogP contribution in [0.1, 0.15) is 56.6 Å². The molecule has 4 rings (SSSR count). The molecule has 7 heteroatoms. The van der Waals surface area contributed by atoms with Crippen molar-refractivity contribution in [3.8, 4) is 11.1 Å². The molecular weight excluding hydrogens is 432 g/mol. The molecule has 0 spiro atoms. The predicted octanol–water partition coefficient (Wildman–Crippen LogP) is 4.31. The van der Waals surface area contributed by atoms with E-state index in [-0.39, 0.29) is 36.8 Å². The third kappa shape index (κ3) is 5.41. The maximum atomic E-state index is 12.5. The molecule has 1 fully saturated rings. The second-order valence-corrected chi connectivity index (χ2v) is 10.1. The van der Waals surface area contributed by atoms with Gasteiger partial charge in [0.15, 0.2) is 0 Å². The van der Waals surface area contributed by atoms with E-state index in [0.717, 1.165) is 0 Å². The zero-order chi connectivity index (χ0) is 24.3. The van der Waals surface area contributed by atoms with Crippen LogP contribution in [0.5, 0.6) is 0 Å². The molecule has 0 heterocycles. The van der Waals surface area contributed by atoms with E-state index in [9.17, 15) is 14.4 Å². The Morgan fingerprint density at radius 1 is 1.00 bits per heavy atom. The molecule has 0 aliphatic heterocycles. The van der Waals surface area contributed by atoms with E-state index >= 15 is 0 Å². The number of rotatable bonds is 8. The molecule has 2 aromatic rings. The van der Waals surface area contributed by atoms with E-state index in [0.29, 0.717) is 25.8 Å². The SMILES string of the molecule is CC(C)(CNC(=O)[C@@H]1CC[C@H](NC(=O)OCC2c3ccccc3-c3ccccc32)C1)CC(=O)O. The first-order valence-corrected chi connectivity index (χ1v) is 11.8. The highest BCUT2D eigenvalue weighted by Gasteiger charge is 2.33. The van der Waals surface area contributed by atoms with Crippen molar-refractivity contribution in [2.75, 3.05) is 13.2 Å². The Balaban J connectivity index is 1.26. The Kier molecular flexibility index (Phi) is 6.91. The number of aliphatic carboxylic acids is 1. The van der Waals surface area contributed by atoms with Gasteiger partial charge >= 0.3 is 12.1 Å². The van der Waals surface area contributed by atoms with Crippen molar-refractivity contribution >= 4 is 18.0 Å². The van der Waals surface area contributed by atoms with Crippen LogP contribution in [0.25, 0.3) is 11.1 Å². The molecule has 1 saturated carbocycles. The molecule has 0 aromatic heterocycles. The fraction of sp³-hybridized carbons (Fsp3) is 0.444. The molecule has 7 nitrogen and oxygen atoms in total. The number of hydrogen-bond donors (Lipinski definition) is 3. The number of carbonyl (C=O) groups is 3. The fourth-order valence-electron chi connectivity index (χ4n) is 5.10. The van der Waals surface area contributed by atoms with Gasteiger partial charge in [-0.1, -0.05) is 62.4 Å². The van der Waals surface area contributed by atoms with E-state index < -0.39 is 17.5 Å². The maximum absolute atomic E-state index is 12.5. The highest BCUT2D eigenvalue weighted by Crippen LogP contribution is 2.44. The third-order valence-electron chi connectivity index (χ3n) is 6.84. The Bertz CT molecular complexity index is 1030. The average Bonchev–Trinajstić information content (AvgIpc) is 3.38.